The summed E-state index contributed by atoms with van der Waals surface area (Å²) in [5.41, 5.74) is 3.03. The molecular formula is C22H17FN2O2S. The maximum atomic E-state index is 13.6. The highest BCUT2D eigenvalue weighted by atomic mass is 32.1. The van der Waals surface area contributed by atoms with Gasteiger partial charge in [-0.15, -0.1) is 11.3 Å². The van der Waals surface area contributed by atoms with Crippen molar-refractivity contribution in [3.05, 3.63) is 87.4 Å². The minimum atomic E-state index is -0.640. The first-order valence-corrected chi connectivity index (χ1v) is 10.0. The van der Waals surface area contributed by atoms with E-state index in [1.165, 1.54) is 27.5 Å². The molecule has 1 aromatic heterocycles. The van der Waals surface area contributed by atoms with Crippen LogP contribution in [0.15, 0.2) is 60.0 Å². The summed E-state index contributed by atoms with van der Waals surface area (Å²) in [7, 11) is 0. The normalized spacial score (nSPS) is 19.0. The summed E-state index contributed by atoms with van der Waals surface area (Å²) in [4.78, 5) is 30.0. The monoisotopic (exact) mass is 392 g/mol. The Morgan fingerprint density at radius 3 is 2.71 bits per heavy atom. The summed E-state index contributed by atoms with van der Waals surface area (Å²) in [6, 6.07) is 16.3. The summed E-state index contributed by atoms with van der Waals surface area (Å²) in [5, 5.41) is 2.10. The predicted molar refractivity (Wildman–Crippen MR) is 106 cm³/mol. The standard InChI is InChI=1S/C22H17FN2O2S/c23-15-6-7-18-17(12-15)21(26)22(27)25(18)13-24-10-8-19-16(9-11-28-19)20(24)14-4-2-1-3-5-14/h1-7,9,11-12,20H,8,10,13H2/t20-/m0/s1. The Morgan fingerprint density at radius 2 is 1.89 bits per heavy atom. The zero-order valence-electron chi connectivity index (χ0n) is 15.0. The Balaban J connectivity index is 1.53. The molecule has 0 aliphatic carbocycles. The van der Waals surface area contributed by atoms with Gasteiger partial charge >= 0.3 is 5.91 Å². The summed E-state index contributed by atoms with van der Waals surface area (Å²) < 4.78 is 13.6. The third-order valence-electron chi connectivity index (χ3n) is 5.44. The Kier molecular flexibility index (Phi) is 4.10. The second-order valence-corrected chi connectivity index (χ2v) is 8.04. The van der Waals surface area contributed by atoms with Crippen LogP contribution < -0.4 is 4.90 Å². The lowest BCUT2D eigenvalue weighted by Gasteiger charge is -2.38. The van der Waals surface area contributed by atoms with E-state index in [4.69, 9.17) is 0 Å². The highest BCUT2D eigenvalue weighted by Crippen LogP contribution is 2.39. The van der Waals surface area contributed by atoms with Crippen LogP contribution in [0.4, 0.5) is 10.1 Å². The van der Waals surface area contributed by atoms with Gasteiger partial charge in [0.1, 0.15) is 5.82 Å². The molecule has 140 valence electrons. The first-order chi connectivity index (χ1) is 13.6. The molecule has 0 bridgehead atoms. The molecule has 1 atom stereocenters. The number of hydrogen-bond acceptors (Lipinski definition) is 4. The topological polar surface area (TPSA) is 40.6 Å². The molecule has 3 aromatic rings. The van der Waals surface area contributed by atoms with Gasteiger partial charge in [0.25, 0.3) is 5.78 Å². The van der Waals surface area contributed by atoms with Crippen LogP contribution in [0.25, 0.3) is 0 Å². The predicted octanol–water partition coefficient (Wildman–Crippen LogP) is 4.02. The average molecular weight is 392 g/mol. The fourth-order valence-corrected chi connectivity index (χ4v) is 5.04. The fraction of sp³-hybridized carbons (Fsp3) is 0.182. The zero-order valence-corrected chi connectivity index (χ0v) is 15.8. The van der Waals surface area contributed by atoms with Gasteiger partial charge in [-0.1, -0.05) is 30.3 Å². The third-order valence-corrected chi connectivity index (χ3v) is 6.43. The molecular weight excluding hydrogens is 375 g/mol. The Morgan fingerprint density at radius 1 is 1.07 bits per heavy atom. The largest absolute Gasteiger partial charge is 0.300 e. The summed E-state index contributed by atoms with van der Waals surface area (Å²) in [6.07, 6.45) is 0.905. The minimum absolute atomic E-state index is 0.0172. The molecule has 0 saturated heterocycles. The van der Waals surface area contributed by atoms with Gasteiger partial charge < -0.3 is 0 Å². The maximum Gasteiger partial charge on any atom is 0.300 e. The third kappa shape index (κ3) is 2.68. The lowest BCUT2D eigenvalue weighted by Crippen LogP contribution is -2.45. The van der Waals surface area contributed by atoms with Gasteiger partial charge in [-0.3, -0.25) is 19.4 Å². The second-order valence-electron chi connectivity index (χ2n) is 7.04. The van der Waals surface area contributed by atoms with Crippen LogP contribution >= 0.6 is 11.3 Å². The number of carbonyl (C=O) groups excluding carboxylic acids is 2. The number of thiophene rings is 1. The van der Waals surface area contributed by atoms with Crippen molar-refractivity contribution in [2.75, 3.05) is 18.1 Å². The molecule has 5 rings (SSSR count). The highest BCUT2D eigenvalue weighted by molar-refractivity contribution is 7.10. The van der Waals surface area contributed by atoms with Crippen molar-refractivity contribution in [2.45, 2.75) is 12.5 Å². The Bertz CT molecular complexity index is 1080. The van der Waals surface area contributed by atoms with E-state index in [2.05, 4.69) is 28.5 Å². The van der Waals surface area contributed by atoms with Gasteiger partial charge in [0.2, 0.25) is 0 Å². The molecule has 3 heterocycles. The average Bonchev–Trinajstić information content (AvgIpc) is 3.28. The highest BCUT2D eigenvalue weighted by Gasteiger charge is 2.39. The van der Waals surface area contributed by atoms with Crippen molar-refractivity contribution in [1.29, 1.82) is 0 Å². The molecule has 0 saturated carbocycles. The molecule has 1 amide bonds. The van der Waals surface area contributed by atoms with Crippen LogP contribution in [0.3, 0.4) is 0 Å². The lowest BCUT2D eigenvalue weighted by molar-refractivity contribution is -0.114. The van der Waals surface area contributed by atoms with Gasteiger partial charge in [-0.2, -0.15) is 0 Å². The van der Waals surface area contributed by atoms with Crippen molar-refractivity contribution >= 4 is 28.7 Å². The number of hydrogen-bond donors (Lipinski definition) is 0. The van der Waals surface area contributed by atoms with Crippen LogP contribution in [0.1, 0.15) is 32.4 Å². The van der Waals surface area contributed by atoms with Gasteiger partial charge in [-0.25, -0.2) is 4.39 Å². The molecule has 0 fully saturated rings. The number of anilines is 1. The van der Waals surface area contributed by atoms with E-state index in [0.717, 1.165) is 24.6 Å². The summed E-state index contributed by atoms with van der Waals surface area (Å²) in [6.45, 7) is 1.07. The number of carbonyl (C=O) groups is 2. The first-order valence-electron chi connectivity index (χ1n) is 9.14. The van der Waals surface area contributed by atoms with E-state index in [1.54, 1.807) is 11.3 Å². The summed E-state index contributed by atoms with van der Waals surface area (Å²) >= 11 is 1.76. The van der Waals surface area contributed by atoms with Gasteiger partial charge in [0, 0.05) is 11.4 Å². The number of ketones is 1. The number of amides is 1. The SMILES string of the molecule is O=C1C(=O)N(CN2CCc3sccc3[C@@H]2c2ccccc2)c2ccc(F)cc21. The van der Waals surface area contributed by atoms with Crippen LogP contribution in [-0.2, 0) is 11.2 Å². The van der Waals surface area contributed by atoms with Gasteiger partial charge in [-0.05, 0) is 47.2 Å². The number of nitrogens with zero attached hydrogens (tertiary/aromatic N) is 2. The van der Waals surface area contributed by atoms with Gasteiger partial charge in [0.15, 0.2) is 0 Å². The molecule has 4 nitrogen and oxygen atoms in total. The molecule has 28 heavy (non-hydrogen) atoms. The Hall–Kier alpha value is -2.83. The van der Waals surface area contributed by atoms with E-state index in [9.17, 15) is 14.0 Å². The molecule has 0 N–H and O–H groups in total. The van der Waals surface area contributed by atoms with E-state index in [-0.39, 0.29) is 18.3 Å². The molecule has 0 unspecified atom stereocenters. The van der Waals surface area contributed by atoms with Crippen LogP contribution in [0.5, 0.6) is 0 Å². The second kappa shape index (κ2) is 6.65. The van der Waals surface area contributed by atoms with Crippen molar-refractivity contribution in [3.8, 4) is 0 Å². The van der Waals surface area contributed by atoms with Gasteiger partial charge in [0.05, 0.1) is 24.0 Å². The van der Waals surface area contributed by atoms with Crippen LogP contribution in [0.2, 0.25) is 0 Å². The van der Waals surface area contributed by atoms with Crippen molar-refractivity contribution in [3.63, 3.8) is 0 Å². The molecule has 0 spiro atoms. The molecule has 2 aliphatic rings. The van der Waals surface area contributed by atoms with Crippen molar-refractivity contribution in [1.82, 2.24) is 4.90 Å². The number of fused-ring (bicyclic) bond motifs is 2. The van der Waals surface area contributed by atoms with E-state index in [1.807, 2.05) is 18.2 Å². The Labute approximate surface area is 165 Å². The quantitative estimate of drug-likeness (QED) is 0.632. The molecule has 2 aromatic carbocycles. The van der Waals surface area contributed by atoms with E-state index >= 15 is 0 Å². The maximum absolute atomic E-state index is 13.6. The van der Waals surface area contributed by atoms with Crippen LogP contribution in [-0.4, -0.2) is 29.8 Å². The molecule has 2 aliphatic heterocycles. The van der Waals surface area contributed by atoms with Crippen LogP contribution in [0, 0.1) is 5.82 Å². The minimum Gasteiger partial charge on any atom is -0.291 e. The van der Waals surface area contributed by atoms with E-state index in [0.29, 0.717) is 5.69 Å². The number of rotatable bonds is 3. The van der Waals surface area contributed by atoms with Crippen molar-refractivity contribution in [2.24, 2.45) is 0 Å². The number of Topliss-reactive ketones (excluding diaryl/α,β-unsaturated/α-hetero) is 1. The zero-order chi connectivity index (χ0) is 19.3. The van der Waals surface area contributed by atoms with E-state index < -0.39 is 17.5 Å². The molecule has 6 heteroatoms. The first kappa shape index (κ1) is 17.3. The molecule has 0 radical (unpaired) electrons. The summed E-state index contributed by atoms with van der Waals surface area (Å²) in [5.74, 6) is -1.74. The number of halogens is 1. The smallest absolute Gasteiger partial charge is 0.291 e. The fourth-order valence-electron chi connectivity index (χ4n) is 4.14. The number of benzene rings is 2. The van der Waals surface area contributed by atoms with Crippen molar-refractivity contribution < 1.29 is 14.0 Å². The lowest BCUT2D eigenvalue weighted by atomic mass is 9.93.